The Kier molecular flexibility index (Phi) is 7.46. The highest BCUT2D eigenvalue weighted by atomic mass is 16.5. The quantitative estimate of drug-likeness (QED) is 0.598. The molecule has 146 valence electrons. The van der Waals surface area contributed by atoms with Crippen molar-refractivity contribution < 1.29 is 9.53 Å². The van der Waals surface area contributed by atoms with Crippen LogP contribution in [0.4, 0.5) is 0 Å². The van der Waals surface area contributed by atoms with Crippen LogP contribution in [0.1, 0.15) is 63.6 Å². The number of carbonyl (C=O) groups excluding carboxylic acids is 1. The first-order valence-corrected chi connectivity index (χ1v) is 9.88. The predicted molar refractivity (Wildman–Crippen MR) is 112 cm³/mol. The lowest BCUT2D eigenvalue weighted by molar-refractivity contribution is -0.135. The van der Waals surface area contributed by atoms with Gasteiger partial charge in [-0.2, -0.15) is 0 Å². The molecule has 0 spiro atoms. The Morgan fingerprint density at radius 1 is 0.963 bits per heavy atom. The molecule has 1 atom stereocenters. The zero-order valence-electron chi connectivity index (χ0n) is 17.5. The summed E-state index contributed by atoms with van der Waals surface area (Å²) < 4.78 is 6.11. The number of amides is 1. The molecule has 0 radical (unpaired) electrons. The third-order valence-electron chi connectivity index (χ3n) is 4.81. The maximum absolute atomic E-state index is 12.9. The topological polar surface area (TPSA) is 29.5 Å². The average molecular weight is 368 g/mol. The van der Waals surface area contributed by atoms with Crippen LogP contribution in [0.5, 0.6) is 5.75 Å². The van der Waals surface area contributed by atoms with Gasteiger partial charge in [0.2, 0.25) is 5.91 Å². The normalized spacial score (nSPS) is 12.3. The first-order valence-electron chi connectivity index (χ1n) is 9.88. The van der Waals surface area contributed by atoms with Crippen LogP contribution in [0.2, 0.25) is 0 Å². The largest absolute Gasteiger partial charge is 0.489 e. The first-order chi connectivity index (χ1) is 12.8. The van der Waals surface area contributed by atoms with Gasteiger partial charge in [-0.3, -0.25) is 4.79 Å². The molecule has 2 rings (SSSR count). The van der Waals surface area contributed by atoms with Crippen molar-refractivity contribution in [2.45, 2.75) is 72.6 Å². The van der Waals surface area contributed by atoms with Gasteiger partial charge in [0.1, 0.15) is 12.4 Å². The van der Waals surface area contributed by atoms with E-state index in [-0.39, 0.29) is 23.9 Å². The Balaban J connectivity index is 2.15. The van der Waals surface area contributed by atoms with E-state index < -0.39 is 0 Å². The molecular weight excluding hydrogens is 334 g/mol. The second-order valence-corrected chi connectivity index (χ2v) is 7.91. The van der Waals surface area contributed by atoms with Gasteiger partial charge in [0.15, 0.2) is 0 Å². The molecule has 0 unspecified atom stereocenters. The number of benzene rings is 2. The summed E-state index contributed by atoms with van der Waals surface area (Å²) in [7, 11) is 0. The van der Waals surface area contributed by atoms with Gasteiger partial charge in [0, 0.05) is 18.5 Å². The van der Waals surface area contributed by atoms with Crippen LogP contribution < -0.4 is 4.74 Å². The molecule has 1 amide bonds. The van der Waals surface area contributed by atoms with Crippen molar-refractivity contribution in [2.24, 2.45) is 0 Å². The van der Waals surface area contributed by atoms with E-state index in [1.54, 1.807) is 0 Å². The molecule has 3 nitrogen and oxygen atoms in total. The average Bonchev–Trinajstić information content (AvgIpc) is 2.60. The molecular formula is C24H33NO2. The summed E-state index contributed by atoms with van der Waals surface area (Å²) >= 11 is 0. The predicted octanol–water partition coefficient (Wildman–Crippen LogP) is 5.71. The fourth-order valence-corrected chi connectivity index (χ4v) is 3.57. The standard InChI is InChI=1S/C24H33NO2/c1-17(2)25(18(3)4)24(26)15-20(6)22-14-19(5)12-13-23(22)27-16-21-10-8-7-9-11-21/h7-14,17-18,20H,15-16H2,1-6H3/t20-/m0/s1. The van der Waals surface area contributed by atoms with Crippen molar-refractivity contribution in [2.75, 3.05) is 0 Å². The number of hydrogen-bond donors (Lipinski definition) is 0. The minimum Gasteiger partial charge on any atom is -0.489 e. The lowest BCUT2D eigenvalue weighted by atomic mass is 9.94. The number of carbonyl (C=O) groups is 1. The van der Waals surface area contributed by atoms with Crippen LogP contribution in [0.3, 0.4) is 0 Å². The minimum absolute atomic E-state index is 0.100. The molecule has 0 saturated carbocycles. The van der Waals surface area contributed by atoms with Crippen molar-refractivity contribution in [3.63, 3.8) is 0 Å². The number of hydrogen-bond acceptors (Lipinski definition) is 2. The Hall–Kier alpha value is -2.29. The second kappa shape index (κ2) is 9.59. The van der Waals surface area contributed by atoms with Crippen molar-refractivity contribution in [3.8, 4) is 5.75 Å². The molecule has 0 fully saturated rings. The van der Waals surface area contributed by atoms with Gasteiger partial charge in [-0.1, -0.05) is 55.0 Å². The van der Waals surface area contributed by atoms with Crippen LogP contribution in [-0.2, 0) is 11.4 Å². The zero-order chi connectivity index (χ0) is 20.0. The first kappa shape index (κ1) is 21.0. The Morgan fingerprint density at radius 2 is 1.59 bits per heavy atom. The molecule has 0 aliphatic rings. The number of aryl methyl sites for hydroxylation is 1. The van der Waals surface area contributed by atoms with Crippen molar-refractivity contribution in [3.05, 3.63) is 65.2 Å². The van der Waals surface area contributed by atoms with E-state index in [9.17, 15) is 4.79 Å². The van der Waals surface area contributed by atoms with E-state index in [1.165, 1.54) is 5.56 Å². The SMILES string of the molecule is Cc1ccc(OCc2ccccc2)c([C@@H](C)CC(=O)N(C(C)C)C(C)C)c1. The zero-order valence-corrected chi connectivity index (χ0v) is 17.5. The molecule has 3 heteroatoms. The van der Waals surface area contributed by atoms with Crippen molar-refractivity contribution in [1.29, 1.82) is 0 Å². The molecule has 27 heavy (non-hydrogen) atoms. The van der Waals surface area contributed by atoms with Crippen LogP contribution >= 0.6 is 0 Å². The summed E-state index contributed by atoms with van der Waals surface area (Å²) in [6, 6.07) is 16.8. The molecule has 2 aromatic carbocycles. The highest BCUT2D eigenvalue weighted by Crippen LogP contribution is 2.31. The number of nitrogens with zero attached hydrogens (tertiary/aromatic N) is 1. The van der Waals surface area contributed by atoms with E-state index in [0.29, 0.717) is 13.0 Å². The summed E-state index contributed by atoms with van der Waals surface area (Å²) in [4.78, 5) is 14.8. The van der Waals surface area contributed by atoms with Gasteiger partial charge in [-0.25, -0.2) is 0 Å². The molecule has 0 aliphatic carbocycles. The van der Waals surface area contributed by atoms with Crippen LogP contribution in [0.15, 0.2) is 48.5 Å². The number of ether oxygens (including phenoxy) is 1. The van der Waals surface area contributed by atoms with Gasteiger partial charge in [-0.15, -0.1) is 0 Å². The molecule has 2 aromatic rings. The van der Waals surface area contributed by atoms with Crippen LogP contribution in [-0.4, -0.2) is 22.9 Å². The van der Waals surface area contributed by atoms with Crippen LogP contribution in [0.25, 0.3) is 0 Å². The Bertz CT molecular complexity index is 729. The maximum atomic E-state index is 12.9. The van der Waals surface area contributed by atoms with Crippen molar-refractivity contribution in [1.82, 2.24) is 4.90 Å². The lowest BCUT2D eigenvalue weighted by Gasteiger charge is -2.32. The molecule has 0 heterocycles. The second-order valence-electron chi connectivity index (χ2n) is 7.91. The van der Waals surface area contributed by atoms with Gasteiger partial charge in [0.25, 0.3) is 0 Å². The Labute approximate surface area is 164 Å². The van der Waals surface area contributed by atoms with E-state index >= 15 is 0 Å². The minimum atomic E-state index is 0.100. The fraction of sp³-hybridized carbons (Fsp3) is 0.458. The smallest absolute Gasteiger partial charge is 0.223 e. The van der Waals surface area contributed by atoms with Crippen molar-refractivity contribution >= 4 is 5.91 Å². The molecule has 0 aromatic heterocycles. The highest BCUT2D eigenvalue weighted by Gasteiger charge is 2.23. The van der Waals surface area contributed by atoms with Gasteiger partial charge in [-0.05, 0) is 57.7 Å². The van der Waals surface area contributed by atoms with E-state index in [0.717, 1.165) is 16.9 Å². The third kappa shape index (κ3) is 5.85. The molecule has 0 aliphatic heterocycles. The summed E-state index contributed by atoms with van der Waals surface area (Å²) in [5, 5.41) is 0. The lowest BCUT2D eigenvalue weighted by Crippen LogP contribution is -2.42. The van der Waals surface area contributed by atoms with Gasteiger partial charge >= 0.3 is 0 Å². The van der Waals surface area contributed by atoms with Gasteiger partial charge in [0.05, 0.1) is 0 Å². The molecule has 0 bridgehead atoms. The summed E-state index contributed by atoms with van der Waals surface area (Å²) in [6.07, 6.45) is 0.488. The summed E-state index contributed by atoms with van der Waals surface area (Å²) in [5.41, 5.74) is 3.42. The van der Waals surface area contributed by atoms with E-state index in [2.05, 4.69) is 65.8 Å². The van der Waals surface area contributed by atoms with E-state index in [1.807, 2.05) is 29.2 Å². The summed E-state index contributed by atoms with van der Waals surface area (Å²) in [6.45, 7) is 13.0. The maximum Gasteiger partial charge on any atom is 0.223 e. The van der Waals surface area contributed by atoms with Crippen LogP contribution in [0, 0.1) is 6.92 Å². The van der Waals surface area contributed by atoms with E-state index in [4.69, 9.17) is 4.74 Å². The monoisotopic (exact) mass is 367 g/mol. The highest BCUT2D eigenvalue weighted by molar-refractivity contribution is 5.77. The third-order valence-corrected chi connectivity index (χ3v) is 4.81. The molecule has 0 saturated heterocycles. The Morgan fingerprint density at radius 3 is 2.19 bits per heavy atom. The number of rotatable bonds is 8. The summed E-state index contributed by atoms with van der Waals surface area (Å²) in [5.74, 6) is 1.16. The van der Waals surface area contributed by atoms with Gasteiger partial charge < -0.3 is 9.64 Å². The molecule has 0 N–H and O–H groups in total. The fourth-order valence-electron chi connectivity index (χ4n) is 3.57.